The van der Waals surface area contributed by atoms with E-state index >= 15 is 0 Å². The Morgan fingerprint density at radius 1 is 0.574 bits per heavy atom. The van der Waals surface area contributed by atoms with Gasteiger partial charge in [0.25, 0.3) is 0 Å². The van der Waals surface area contributed by atoms with E-state index in [0.717, 1.165) is 0 Å². The second kappa shape index (κ2) is 14.7. The van der Waals surface area contributed by atoms with Crippen LogP contribution in [0.3, 0.4) is 0 Å². The van der Waals surface area contributed by atoms with Crippen molar-refractivity contribution in [1.82, 2.24) is 0 Å². The molecule has 4 aromatic carbocycles. The summed E-state index contributed by atoms with van der Waals surface area (Å²) in [6.07, 6.45) is 13.1. The first kappa shape index (κ1) is 36.1. The van der Waals surface area contributed by atoms with Crippen LogP contribution in [0.1, 0.15) is 104 Å². The Bertz CT molecular complexity index is 1710. The molecule has 0 radical (unpaired) electrons. The van der Waals surface area contributed by atoms with E-state index in [-0.39, 0.29) is 24.8 Å². The van der Waals surface area contributed by atoms with Crippen LogP contribution in [0.25, 0.3) is 34.4 Å². The number of halogens is 2. The van der Waals surface area contributed by atoms with Crippen molar-refractivity contribution in [3.63, 3.8) is 0 Å². The first-order chi connectivity index (χ1) is 21.9. The molecule has 0 nitrogen and oxygen atoms in total. The smallest absolute Gasteiger partial charge is 1.00 e. The summed E-state index contributed by atoms with van der Waals surface area (Å²) in [7, 11) is 0. The first-order valence-corrected chi connectivity index (χ1v) is 24.0. The third kappa shape index (κ3) is 6.47. The number of aryl methyl sites for hydroxylation is 4. The van der Waals surface area contributed by atoms with Gasteiger partial charge < -0.3 is 24.8 Å². The number of benzene rings is 4. The Balaban J connectivity index is 0.00000217. The van der Waals surface area contributed by atoms with Crippen molar-refractivity contribution in [2.24, 2.45) is 0 Å². The third-order valence-corrected chi connectivity index (χ3v) is 24.2. The van der Waals surface area contributed by atoms with Gasteiger partial charge in [0, 0.05) is 0 Å². The molecule has 0 spiro atoms. The molecule has 1 aliphatic heterocycles. The molecule has 0 amide bonds. The monoisotopic (exact) mass is 738 g/mol. The molecule has 2 unspecified atom stereocenters. The standard InChI is InChI=1S/2C21H23.C2H4.2ClH.Zr/c2*1-4-5-8-17-13-20-16(3)10-11-19(21(20)14-17)18-9-6-7-15(2)12-18;1-2;;;/h2*6-7,9-14H,4-5,8H2,1-3H3;1-2H2;2*1H;/q;;;;;+2/p-2. The Morgan fingerprint density at radius 3 is 1.36 bits per heavy atom. The van der Waals surface area contributed by atoms with Crippen molar-refractivity contribution in [1.29, 1.82) is 0 Å². The van der Waals surface area contributed by atoms with E-state index < -0.39 is 20.3 Å². The summed E-state index contributed by atoms with van der Waals surface area (Å²) in [5, 5.41) is 0. The second-order valence-electron chi connectivity index (χ2n) is 14.5. The van der Waals surface area contributed by atoms with Gasteiger partial charge in [0.05, 0.1) is 0 Å². The summed E-state index contributed by atoms with van der Waals surface area (Å²) in [6.45, 7) is 14.0. The van der Waals surface area contributed by atoms with Crippen molar-refractivity contribution in [3.05, 3.63) is 128 Å². The second-order valence-corrected chi connectivity index (χ2v) is 25.9. The normalized spacial score (nSPS) is 17.7. The average molecular weight is 741 g/mol. The van der Waals surface area contributed by atoms with Crippen LogP contribution in [0.15, 0.2) is 83.9 Å². The Morgan fingerprint density at radius 2 is 1.00 bits per heavy atom. The van der Waals surface area contributed by atoms with Crippen molar-refractivity contribution in [2.45, 2.75) is 95.6 Å². The number of hydrogen-bond donors (Lipinski definition) is 0. The van der Waals surface area contributed by atoms with E-state index in [2.05, 4.69) is 126 Å². The largest absolute Gasteiger partial charge is 1.00 e. The molecule has 1 heterocycles. The zero-order chi connectivity index (χ0) is 31.3. The van der Waals surface area contributed by atoms with Crippen LogP contribution in [0.2, 0.25) is 8.26 Å². The molecule has 2 aliphatic carbocycles. The van der Waals surface area contributed by atoms with E-state index in [9.17, 15) is 0 Å². The number of unbranched alkanes of at least 4 members (excludes halogenated alkanes) is 2. The molecule has 4 aromatic rings. The quantitative estimate of drug-likeness (QED) is 0.161. The fourth-order valence-corrected chi connectivity index (χ4v) is 27.0. The summed E-state index contributed by atoms with van der Waals surface area (Å²) in [4.78, 5) is 0. The zero-order valence-electron chi connectivity index (χ0n) is 29.2. The predicted molar refractivity (Wildman–Crippen MR) is 193 cm³/mol. The molecular formula is C44H50Cl2Zr. The Labute approximate surface area is 301 Å². The van der Waals surface area contributed by atoms with E-state index in [1.807, 2.05) is 0 Å². The first-order valence-electron chi connectivity index (χ1n) is 17.7. The Kier molecular flexibility index (Phi) is 11.3. The minimum Gasteiger partial charge on any atom is -1.00 e. The maximum atomic E-state index is 2.71. The van der Waals surface area contributed by atoms with Gasteiger partial charge in [0.2, 0.25) is 0 Å². The molecular weight excluding hydrogens is 691 g/mol. The van der Waals surface area contributed by atoms with Gasteiger partial charge in [-0.3, -0.25) is 0 Å². The average Bonchev–Trinajstić information content (AvgIpc) is 3.56. The van der Waals surface area contributed by atoms with Gasteiger partial charge >= 0.3 is 279 Å². The molecule has 244 valence electrons. The van der Waals surface area contributed by atoms with Gasteiger partial charge in [-0.2, -0.15) is 0 Å². The topological polar surface area (TPSA) is 0 Å². The molecule has 3 aliphatic rings. The van der Waals surface area contributed by atoms with E-state index in [0.29, 0.717) is 7.25 Å². The Hall–Kier alpha value is -2.18. The van der Waals surface area contributed by atoms with Crippen LogP contribution in [-0.2, 0) is 20.3 Å². The summed E-state index contributed by atoms with van der Waals surface area (Å²) < 4.78 is 4.46. The van der Waals surface area contributed by atoms with E-state index in [1.165, 1.54) is 91.3 Å². The molecule has 0 saturated carbocycles. The fourth-order valence-electron chi connectivity index (χ4n) is 9.00. The number of hydrogen-bond acceptors (Lipinski definition) is 0. The fraction of sp³-hybridized carbons (Fsp3) is 0.364. The van der Waals surface area contributed by atoms with Crippen molar-refractivity contribution >= 4 is 12.2 Å². The molecule has 0 N–H and O–H groups in total. The van der Waals surface area contributed by atoms with Crippen LogP contribution in [0.5, 0.6) is 0 Å². The van der Waals surface area contributed by atoms with Crippen LogP contribution in [0.4, 0.5) is 0 Å². The SMILES string of the molecule is CCCCC1=Cc2c(-c3cccc(C)c3)ccc(C)c2[CH]1[Zr+2]1([CH]2C(CCCC)=Cc3c(-c4cccc(C)c4)ccc(C)c32)[CH2][CH2]1.[Cl-].[Cl-]. The molecule has 2 atom stereocenters. The molecule has 1 fully saturated rings. The van der Waals surface area contributed by atoms with Gasteiger partial charge in [0.1, 0.15) is 0 Å². The molecule has 47 heavy (non-hydrogen) atoms. The number of allylic oxidation sites excluding steroid dienone is 2. The van der Waals surface area contributed by atoms with Gasteiger partial charge in [-0.25, -0.2) is 0 Å². The van der Waals surface area contributed by atoms with Crippen LogP contribution >= 0.6 is 0 Å². The zero-order valence-corrected chi connectivity index (χ0v) is 33.1. The van der Waals surface area contributed by atoms with Crippen LogP contribution in [0, 0.1) is 27.7 Å². The van der Waals surface area contributed by atoms with Gasteiger partial charge in [-0.1, -0.05) is 0 Å². The van der Waals surface area contributed by atoms with Crippen molar-refractivity contribution in [3.8, 4) is 22.3 Å². The molecule has 7 rings (SSSR count). The summed E-state index contributed by atoms with van der Waals surface area (Å²) in [6, 6.07) is 28.1. The van der Waals surface area contributed by atoms with Crippen molar-refractivity contribution < 1.29 is 45.1 Å². The maximum Gasteiger partial charge on any atom is -1.00 e. The molecule has 3 heteroatoms. The van der Waals surface area contributed by atoms with Crippen molar-refractivity contribution in [2.75, 3.05) is 0 Å². The number of rotatable bonds is 10. The predicted octanol–water partition coefficient (Wildman–Crippen LogP) is 7.22. The van der Waals surface area contributed by atoms with Crippen LogP contribution in [-0.4, -0.2) is 0 Å². The van der Waals surface area contributed by atoms with Crippen LogP contribution < -0.4 is 24.8 Å². The summed E-state index contributed by atoms with van der Waals surface area (Å²) in [5.74, 6) is 0. The minimum absolute atomic E-state index is 0. The summed E-state index contributed by atoms with van der Waals surface area (Å²) in [5.41, 5.74) is 21.6. The van der Waals surface area contributed by atoms with E-state index in [4.69, 9.17) is 0 Å². The van der Waals surface area contributed by atoms with Gasteiger partial charge in [-0.05, 0) is 0 Å². The number of fused-ring (bicyclic) bond motifs is 2. The van der Waals surface area contributed by atoms with Gasteiger partial charge in [-0.15, -0.1) is 0 Å². The van der Waals surface area contributed by atoms with Gasteiger partial charge in [0.15, 0.2) is 0 Å². The molecule has 0 aromatic heterocycles. The molecule has 0 bridgehead atoms. The minimum atomic E-state index is -2.83. The maximum absolute atomic E-state index is 2.83. The molecule has 1 saturated heterocycles. The summed E-state index contributed by atoms with van der Waals surface area (Å²) >= 11 is -2.83. The van der Waals surface area contributed by atoms with E-state index in [1.54, 1.807) is 33.4 Å². The third-order valence-electron chi connectivity index (χ3n) is 11.3.